The van der Waals surface area contributed by atoms with Crippen LogP contribution >= 0.6 is 0 Å². The Labute approximate surface area is 187 Å². The van der Waals surface area contributed by atoms with Crippen LogP contribution in [0.25, 0.3) is 0 Å². The smallest absolute Gasteiger partial charge is 0.391 e. The zero-order valence-corrected chi connectivity index (χ0v) is 18.1. The highest BCUT2D eigenvalue weighted by Crippen LogP contribution is 2.49. The monoisotopic (exact) mass is 492 g/mol. The van der Waals surface area contributed by atoms with Gasteiger partial charge in [-0.05, 0) is 49.4 Å². The van der Waals surface area contributed by atoms with Crippen molar-refractivity contribution in [2.45, 2.75) is 36.3 Å². The predicted octanol–water partition coefficient (Wildman–Crippen LogP) is 4.32. The number of benzene rings is 2. The molecule has 6 nitrogen and oxygen atoms in total. The van der Waals surface area contributed by atoms with Crippen molar-refractivity contribution in [3.05, 3.63) is 53.6 Å². The van der Waals surface area contributed by atoms with Crippen LogP contribution in [0, 0.1) is 23.5 Å². The van der Waals surface area contributed by atoms with Crippen LogP contribution in [0.2, 0.25) is 0 Å². The molecule has 1 amide bonds. The van der Waals surface area contributed by atoms with E-state index in [0.29, 0.717) is 0 Å². The fraction of sp³-hybridized carbons (Fsp3) is 0.381. The molecule has 2 unspecified atom stereocenters. The molecule has 2 aromatic carbocycles. The third-order valence-electron chi connectivity index (χ3n) is 5.76. The number of anilines is 1. The van der Waals surface area contributed by atoms with E-state index in [4.69, 9.17) is 9.88 Å². The number of sulfonamides is 1. The summed E-state index contributed by atoms with van der Waals surface area (Å²) < 4.78 is 96.3. The molecule has 3 N–H and O–H groups in total. The van der Waals surface area contributed by atoms with Crippen LogP contribution in [-0.4, -0.2) is 27.6 Å². The molecular weight excluding hydrogens is 471 g/mol. The van der Waals surface area contributed by atoms with Crippen molar-refractivity contribution in [1.82, 2.24) is 0 Å². The normalized spacial score (nSPS) is 21.5. The molecule has 2 aromatic rings. The van der Waals surface area contributed by atoms with Gasteiger partial charge in [0.2, 0.25) is 21.7 Å². The average Bonchev–Trinajstić information content (AvgIpc) is 2.74. The zero-order valence-electron chi connectivity index (χ0n) is 17.3. The summed E-state index contributed by atoms with van der Waals surface area (Å²) in [6.45, 7) is 0. The number of alkyl halides is 3. The molecule has 33 heavy (non-hydrogen) atoms. The van der Waals surface area contributed by atoms with Gasteiger partial charge in [-0.25, -0.2) is 17.9 Å². The van der Waals surface area contributed by atoms with Gasteiger partial charge in [-0.3, -0.25) is 4.79 Å². The number of halogens is 5. The van der Waals surface area contributed by atoms with E-state index in [1.807, 2.05) is 0 Å². The number of hydrogen-bond donors (Lipinski definition) is 2. The first kappa shape index (κ1) is 24.9. The fourth-order valence-electron chi connectivity index (χ4n) is 4.16. The maximum atomic E-state index is 14.3. The second-order valence-electron chi connectivity index (χ2n) is 7.81. The van der Waals surface area contributed by atoms with E-state index in [9.17, 15) is 35.2 Å². The van der Waals surface area contributed by atoms with Gasteiger partial charge < -0.3 is 10.1 Å². The lowest BCUT2D eigenvalue weighted by molar-refractivity contribution is -0.186. The summed E-state index contributed by atoms with van der Waals surface area (Å²) in [5, 5.41) is 7.58. The number of primary sulfonamides is 1. The van der Waals surface area contributed by atoms with E-state index in [0.717, 1.165) is 25.3 Å². The van der Waals surface area contributed by atoms with Gasteiger partial charge in [0.05, 0.1) is 17.9 Å². The third kappa shape index (κ3) is 5.44. The van der Waals surface area contributed by atoms with Gasteiger partial charge in [0, 0.05) is 17.2 Å². The summed E-state index contributed by atoms with van der Waals surface area (Å²) in [6, 6.07) is 6.95. The Kier molecular flexibility index (Phi) is 6.99. The molecule has 1 aliphatic carbocycles. The topological polar surface area (TPSA) is 98.5 Å². The van der Waals surface area contributed by atoms with Crippen molar-refractivity contribution in [3.8, 4) is 5.75 Å². The van der Waals surface area contributed by atoms with Gasteiger partial charge in [0.25, 0.3) is 0 Å². The summed E-state index contributed by atoms with van der Waals surface area (Å²) in [4.78, 5) is 12.8. The van der Waals surface area contributed by atoms with E-state index in [-0.39, 0.29) is 29.0 Å². The lowest BCUT2D eigenvalue weighted by atomic mass is 9.70. The maximum absolute atomic E-state index is 14.3. The standard InChI is InChI=1S/C21H21F5N2O4S/c1-32-19-14(7-8-17(22)18(19)23)16-9-11(21(24,25)26)5-6-15(16)20(29)28-12-3-2-4-13(10-12)33(27,30)31/h2-4,7-8,10-11,15-16H,5-6,9H2,1H3,(H,28,29)(H2,27,30,31)/t11?,15-,16?/m1/s1. The summed E-state index contributed by atoms with van der Waals surface area (Å²) in [5.41, 5.74) is 0.0178. The van der Waals surface area contributed by atoms with Gasteiger partial charge in [-0.15, -0.1) is 0 Å². The Morgan fingerprint density at radius 2 is 1.85 bits per heavy atom. The maximum Gasteiger partial charge on any atom is 0.391 e. The van der Waals surface area contributed by atoms with Crippen molar-refractivity contribution in [2.75, 3.05) is 12.4 Å². The first-order valence-corrected chi connectivity index (χ1v) is 11.4. The molecule has 1 fully saturated rings. The number of carbonyl (C=O) groups excluding carboxylic acids is 1. The van der Waals surface area contributed by atoms with Crippen molar-refractivity contribution in [3.63, 3.8) is 0 Å². The fourth-order valence-corrected chi connectivity index (χ4v) is 4.72. The third-order valence-corrected chi connectivity index (χ3v) is 6.68. The minimum Gasteiger partial charge on any atom is -0.493 e. The quantitative estimate of drug-likeness (QED) is 0.608. The number of hydrogen-bond acceptors (Lipinski definition) is 4. The minimum absolute atomic E-state index is 0.0520. The van der Waals surface area contributed by atoms with Crippen molar-refractivity contribution in [1.29, 1.82) is 0 Å². The van der Waals surface area contributed by atoms with Crippen LogP contribution < -0.4 is 15.2 Å². The molecule has 0 saturated heterocycles. The van der Waals surface area contributed by atoms with E-state index < -0.39 is 63.7 Å². The van der Waals surface area contributed by atoms with Gasteiger partial charge >= 0.3 is 6.18 Å². The van der Waals surface area contributed by atoms with Crippen LogP contribution in [-0.2, 0) is 14.8 Å². The first-order chi connectivity index (χ1) is 15.3. The molecule has 0 bridgehead atoms. The summed E-state index contributed by atoms with van der Waals surface area (Å²) in [6.07, 6.45) is -5.57. The van der Waals surface area contributed by atoms with E-state index >= 15 is 0 Å². The van der Waals surface area contributed by atoms with Crippen LogP contribution in [0.5, 0.6) is 5.75 Å². The average molecular weight is 492 g/mol. The van der Waals surface area contributed by atoms with Gasteiger partial charge in [0.15, 0.2) is 11.6 Å². The van der Waals surface area contributed by atoms with E-state index in [1.54, 1.807) is 0 Å². The molecule has 3 rings (SSSR count). The number of methoxy groups -OCH3 is 1. The minimum atomic E-state index is -4.53. The predicted molar refractivity (Wildman–Crippen MR) is 109 cm³/mol. The molecule has 0 heterocycles. The van der Waals surface area contributed by atoms with Crippen molar-refractivity contribution < 1.29 is 39.9 Å². The molecule has 0 spiro atoms. The zero-order chi connectivity index (χ0) is 24.6. The van der Waals surface area contributed by atoms with Gasteiger partial charge in [-0.1, -0.05) is 12.1 Å². The Bertz CT molecular complexity index is 1150. The lowest BCUT2D eigenvalue weighted by Gasteiger charge is -2.37. The first-order valence-electron chi connectivity index (χ1n) is 9.85. The molecule has 180 valence electrons. The largest absolute Gasteiger partial charge is 0.493 e. The molecule has 1 saturated carbocycles. The molecule has 0 radical (unpaired) electrons. The molecule has 12 heteroatoms. The Balaban J connectivity index is 1.97. The van der Waals surface area contributed by atoms with Crippen LogP contribution in [0.15, 0.2) is 41.3 Å². The SMILES string of the molecule is COc1c(C2CC(C(F)(F)F)CC[C@H]2C(=O)Nc2cccc(S(N)(=O)=O)c2)ccc(F)c1F. The second kappa shape index (κ2) is 9.26. The molecule has 1 aliphatic rings. The molecular formula is C21H21F5N2O4S. The number of ether oxygens (including phenoxy) is 1. The Morgan fingerprint density at radius 1 is 1.15 bits per heavy atom. The Hall–Kier alpha value is -2.73. The van der Waals surface area contributed by atoms with Crippen LogP contribution in [0.3, 0.4) is 0 Å². The number of nitrogens with two attached hydrogens (primary N) is 1. The lowest BCUT2D eigenvalue weighted by Crippen LogP contribution is -2.37. The summed E-state index contributed by atoms with van der Waals surface area (Å²) in [5.74, 6) is -7.76. The molecule has 0 aromatic heterocycles. The summed E-state index contributed by atoms with van der Waals surface area (Å²) in [7, 11) is -3.00. The Morgan fingerprint density at radius 3 is 2.45 bits per heavy atom. The highest BCUT2D eigenvalue weighted by molar-refractivity contribution is 7.89. The highest BCUT2D eigenvalue weighted by atomic mass is 32.2. The summed E-state index contributed by atoms with van der Waals surface area (Å²) >= 11 is 0. The number of nitrogens with one attached hydrogen (secondary N) is 1. The van der Waals surface area contributed by atoms with E-state index in [2.05, 4.69) is 5.32 Å². The molecule has 0 aliphatic heterocycles. The number of carbonyl (C=O) groups is 1. The van der Waals surface area contributed by atoms with Gasteiger partial charge in [0.1, 0.15) is 0 Å². The van der Waals surface area contributed by atoms with E-state index in [1.165, 1.54) is 18.2 Å². The number of amides is 1. The number of rotatable bonds is 5. The van der Waals surface area contributed by atoms with Crippen molar-refractivity contribution in [2.24, 2.45) is 17.0 Å². The highest BCUT2D eigenvalue weighted by Gasteiger charge is 2.47. The van der Waals surface area contributed by atoms with Crippen LogP contribution in [0.1, 0.15) is 30.7 Å². The van der Waals surface area contributed by atoms with Gasteiger partial charge in [-0.2, -0.15) is 17.6 Å². The van der Waals surface area contributed by atoms with Crippen LogP contribution in [0.4, 0.5) is 27.6 Å². The van der Waals surface area contributed by atoms with Crippen molar-refractivity contribution >= 4 is 21.6 Å². The second-order valence-corrected chi connectivity index (χ2v) is 9.37. The molecule has 3 atom stereocenters.